The number of hydrogen-bond donors (Lipinski definition) is 2. The number of anilines is 2. The van der Waals surface area contributed by atoms with Crippen LogP contribution < -0.4 is 20.1 Å². The highest BCUT2D eigenvalue weighted by Gasteiger charge is 2.35. The number of hydrogen-bond acceptors (Lipinski definition) is 4. The van der Waals surface area contributed by atoms with E-state index in [2.05, 4.69) is 10.6 Å². The van der Waals surface area contributed by atoms with Crippen molar-refractivity contribution < 1.29 is 27.8 Å². The molecule has 4 rings (SSSR count). The number of likely N-dealkylation sites (tertiary alicyclic amines) is 1. The van der Waals surface area contributed by atoms with Gasteiger partial charge < -0.3 is 25.0 Å². The number of benzene rings is 3. The Morgan fingerprint density at radius 2 is 1.58 bits per heavy atom. The topological polar surface area (TPSA) is 79.9 Å². The molecule has 1 fully saturated rings. The SMILES string of the molecule is COc1cc(NC(=O)C2CC(c3ccccc3)CN(C(=O)Nc3ccc(F)cc3F)C2)cc(OC)c1. The first-order valence-electron chi connectivity index (χ1n) is 11.5. The van der Waals surface area contributed by atoms with Crippen LogP contribution in [0.5, 0.6) is 11.5 Å². The molecule has 188 valence electrons. The molecule has 0 radical (unpaired) electrons. The standard InChI is InChI=1S/C27H27F2N3O4/c1-35-22-12-21(13-23(14-22)36-2)30-26(33)19-10-18(17-6-4-3-5-7-17)15-32(16-19)27(34)31-25-9-8-20(28)11-24(25)29/h3-9,11-14,18-19H,10,15-16H2,1-2H3,(H,30,33)(H,31,34). The molecule has 0 aromatic heterocycles. The van der Waals surface area contributed by atoms with E-state index in [0.29, 0.717) is 36.2 Å². The largest absolute Gasteiger partial charge is 0.497 e. The molecule has 0 saturated carbocycles. The number of carbonyl (C=O) groups excluding carboxylic acids is 2. The van der Waals surface area contributed by atoms with Gasteiger partial charge in [-0.05, 0) is 24.1 Å². The Kier molecular flexibility index (Phi) is 7.68. The fraction of sp³-hybridized carbons (Fsp3) is 0.259. The zero-order valence-electron chi connectivity index (χ0n) is 20.0. The second-order valence-electron chi connectivity index (χ2n) is 8.59. The van der Waals surface area contributed by atoms with Gasteiger partial charge in [-0.25, -0.2) is 13.6 Å². The number of halogens is 2. The zero-order chi connectivity index (χ0) is 25.7. The number of nitrogens with zero attached hydrogens (tertiary/aromatic N) is 1. The molecule has 2 N–H and O–H groups in total. The Labute approximate surface area is 208 Å². The molecule has 0 bridgehead atoms. The Morgan fingerprint density at radius 1 is 0.889 bits per heavy atom. The van der Waals surface area contributed by atoms with Crippen molar-refractivity contribution in [3.8, 4) is 11.5 Å². The summed E-state index contributed by atoms with van der Waals surface area (Å²) in [4.78, 5) is 27.9. The number of carbonyl (C=O) groups is 2. The molecule has 36 heavy (non-hydrogen) atoms. The molecule has 1 saturated heterocycles. The molecule has 3 aromatic carbocycles. The van der Waals surface area contributed by atoms with Crippen LogP contribution in [0.15, 0.2) is 66.7 Å². The fourth-order valence-corrected chi connectivity index (χ4v) is 4.33. The van der Waals surface area contributed by atoms with Crippen LogP contribution in [0.25, 0.3) is 0 Å². The number of urea groups is 1. The molecule has 9 heteroatoms. The third-order valence-electron chi connectivity index (χ3n) is 6.17. The van der Waals surface area contributed by atoms with Crippen molar-refractivity contribution in [3.05, 3.63) is 83.9 Å². The zero-order valence-corrected chi connectivity index (χ0v) is 20.0. The van der Waals surface area contributed by atoms with Gasteiger partial charge in [-0.2, -0.15) is 0 Å². The summed E-state index contributed by atoms with van der Waals surface area (Å²) in [5.41, 5.74) is 1.36. The third kappa shape index (κ3) is 5.91. The summed E-state index contributed by atoms with van der Waals surface area (Å²) in [7, 11) is 3.04. The minimum Gasteiger partial charge on any atom is -0.497 e. The molecule has 3 aromatic rings. The van der Waals surface area contributed by atoms with E-state index < -0.39 is 23.6 Å². The maximum atomic E-state index is 14.1. The average Bonchev–Trinajstić information content (AvgIpc) is 2.90. The number of rotatable bonds is 6. The first kappa shape index (κ1) is 25.0. The smallest absolute Gasteiger partial charge is 0.321 e. The molecular weight excluding hydrogens is 468 g/mol. The lowest BCUT2D eigenvalue weighted by atomic mass is 9.84. The summed E-state index contributed by atoms with van der Waals surface area (Å²) in [6, 6.07) is 17.0. The van der Waals surface area contributed by atoms with E-state index in [9.17, 15) is 18.4 Å². The van der Waals surface area contributed by atoms with Gasteiger partial charge in [0.25, 0.3) is 0 Å². The molecule has 0 spiro atoms. The number of ether oxygens (including phenoxy) is 2. The van der Waals surface area contributed by atoms with Crippen molar-refractivity contribution >= 4 is 23.3 Å². The van der Waals surface area contributed by atoms with E-state index in [0.717, 1.165) is 11.6 Å². The lowest BCUT2D eigenvalue weighted by Gasteiger charge is -2.37. The van der Waals surface area contributed by atoms with Gasteiger partial charge in [-0.15, -0.1) is 0 Å². The molecule has 1 aliphatic rings. The molecular formula is C27H27F2N3O4. The molecule has 2 unspecified atom stereocenters. The summed E-state index contributed by atoms with van der Waals surface area (Å²) in [5.74, 6) is -1.48. The number of methoxy groups -OCH3 is 2. The first-order valence-corrected chi connectivity index (χ1v) is 11.5. The second kappa shape index (κ2) is 11.1. The third-order valence-corrected chi connectivity index (χ3v) is 6.17. The summed E-state index contributed by atoms with van der Waals surface area (Å²) in [6.45, 7) is 0.473. The first-order chi connectivity index (χ1) is 17.4. The highest BCUT2D eigenvalue weighted by Crippen LogP contribution is 2.32. The maximum Gasteiger partial charge on any atom is 0.321 e. The van der Waals surface area contributed by atoms with Crippen molar-refractivity contribution in [1.29, 1.82) is 0 Å². The predicted octanol–water partition coefficient (Wildman–Crippen LogP) is 5.26. The fourth-order valence-electron chi connectivity index (χ4n) is 4.33. The van der Waals surface area contributed by atoms with E-state index in [1.54, 1.807) is 18.2 Å². The van der Waals surface area contributed by atoms with Crippen LogP contribution in [-0.4, -0.2) is 44.1 Å². The van der Waals surface area contributed by atoms with Gasteiger partial charge in [0.15, 0.2) is 0 Å². The highest BCUT2D eigenvalue weighted by atomic mass is 19.1. The van der Waals surface area contributed by atoms with Crippen LogP contribution in [0.3, 0.4) is 0 Å². The van der Waals surface area contributed by atoms with E-state index in [-0.39, 0.29) is 24.1 Å². The van der Waals surface area contributed by atoms with E-state index >= 15 is 0 Å². The minimum atomic E-state index is -0.874. The number of nitrogens with one attached hydrogen (secondary N) is 2. The Bertz CT molecular complexity index is 1220. The molecule has 2 atom stereocenters. The van der Waals surface area contributed by atoms with Gasteiger partial charge in [-0.1, -0.05) is 30.3 Å². The lowest BCUT2D eigenvalue weighted by molar-refractivity contribution is -0.121. The van der Waals surface area contributed by atoms with Crippen molar-refractivity contribution in [2.24, 2.45) is 5.92 Å². The monoisotopic (exact) mass is 495 g/mol. The molecule has 1 aliphatic heterocycles. The maximum absolute atomic E-state index is 14.1. The highest BCUT2D eigenvalue weighted by molar-refractivity contribution is 5.94. The summed E-state index contributed by atoms with van der Waals surface area (Å²) in [6.07, 6.45) is 0.519. The Morgan fingerprint density at radius 3 is 2.22 bits per heavy atom. The van der Waals surface area contributed by atoms with E-state index in [1.165, 1.54) is 25.2 Å². The number of amides is 3. The van der Waals surface area contributed by atoms with Gasteiger partial charge in [0, 0.05) is 49.0 Å². The van der Waals surface area contributed by atoms with Crippen LogP contribution in [0.1, 0.15) is 17.9 Å². The Hall–Kier alpha value is -4.14. The second-order valence-corrected chi connectivity index (χ2v) is 8.59. The van der Waals surface area contributed by atoms with Gasteiger partial charge in [-0.3, -0.25) is 4.79 Å². The van der Waals surface area contributed by atoms with Crippen LogP contribution in [0, 0.1) is 17.6 Å². The minimum absolute atomic E-state index is 0.112. The Balaban J connectivity index is 1.55. The quantitative estimate of drug-likeness (QED) is 0.489. The van der Waals surface area contributed by atoms with Crippen molar-refractivity contribution in [1.82, 2.24) is 4.90 Å². The van der Waals surface area contributed by atoms with Crippen LogP contribution in [0.4, 0.5) is 25.0 Å². The predicted molar refractivity (Wildman–Crippen MR) is 132 cm³/mol. The van der Waals surface area contributed by atoms with Gasteiger partial charge in [0.05, 0.1) is 25.8 Å². The molecule has 3 amide bonds. The van der Waals surface area contributed by atoms with Crippen molar-refractivity contribution in [2.45, 2.75) is 12.3 Å². The number of piperidine rings is 1. The van der Waals surface area contributed by atoms with Gasteiger partial charge in [0.1, 0.15) is 23.1 Å². The van der Waals surface area contributed by atoms with Gasteiger partial charge in [0.2, 0.25) is 5.91 Å². The van der Waals surface area contributed by atoms with Crippen LogP contribution >= 0.6 is 0 Å². The summed E-state index contributed by atoms with van der Waals surface area (Å²) < 4.78 is 38.0. The normalized spacial score (nSPS) is 17.3. The van der Waals surface area contributed by atoms with Gasteiger partial charge >= 0.3 is 6.03 Å². The van der Waals surface area contributed by atoms with E-state index in [4.69, 9.17) is 9.47 Å². The molecule has 0 aliphatic carbocycles. The summed E-state index contributed by atoms with van der Waals surface area (Å²) >= 11 is 0. The molecule has 7 nitrogen and oxygen atoms in total. The van der Waals surface area contributed by atoms with Crippen molar-refractivity contribution in [3.63, 3.8) is 0 Å². The summed E-state index contributed by atoms with van der Waals surface area (Å²) in [5, 5.41) is 5.40. The molecule has 1 heterocycles. The van der Waals surface area contributed by atoms with Crippen LogP contribution in [-0.2, 0) is 4.79 Å². The van der Waals surface area contributed by atoms with E-state index in [1.807, 2.05) is 30.3 Å². The average molecular weight is 496 g/mol. The lowest BCUT2D eigenvalue weighted by Crippen LogP contribution is -2.48. The van der Waals surface area contributed by atoms with Crippen molar-refractivity contribution in [2.75, 3.05) is 37.9 Å². The van der Waals surface area contributed by atoms with Crippen LogP contribution in [0.2, 0.25) is 0 Å².